The third kappa shape index (κ3) is 2.79. The fraction of sp³-hybridized carbons (Fsp3) is 0.700. The molecule has 0 radical (unpaired) electrons. The average Bonchev–Trinajstić information content (AvgIpc) is 2.76. The fourth-order valence-corrected chi connectivity index (χ4v) is 1.70. The zero-order valence-electron chi connectivity index (χ0n) is 8.89. The van der Waals surface area contributed by atoms with E-state index in [2.05, 4.69) is 10.1 Å². The zero-order valence-corrected chi connectivity index (χ0v) is 8.89. The smallest absolute Gasteiger partial charge is 0.303 e. The quantitative estimate of drug-likeness (QED) is 0.823. The van der Waals surface area contributed by atoms with Crippen molar-refractivity contribution in [2.45, 2.75) is 31.6 Å². The molecule has 1 aromatic heterocycles. The molecule has 0 saturated carbocycles. The number of nitrogens with zero attached hydrogens (tertiary/aromatic N) is 2. The second kappa shape index (κ2) is 5.07. The summed E-state index contributed by atoms with van der Waals surface area (Å²) in [7, 11) is 0. The summed E-state index contributed by atoms with van der Waals surface area (Å²) in [5.74, 6) is 0.504. The van der Waals surface area contributed by atoms with Gasteiger partial charge in [-0.15, -0.1) is 0 Å². The Morgan fingerprint density at radius 3 is 2.88 bits per heavy atom. The lowest BCUT2D eigenvalue weighted by atomic mass is 10.0. The topological polar surface area (TPSA) is 85.5 Å². The maximum absolute atomic E-state index is 10.4. The van der Waals surface area contributed by atoms with Gasteiger partial charge in [-0.2, -0.15) is 4.98 Å². The van der Waals surface area contributed by atoms with Crippen molar-refractivity contribution in [1.29, 1.82) is 0 Å². The van der Waals surface area contributed by atoms with Crippen molar-refractivity contribution in [1.82, 2.24) is 10.1 Å². The van der Waals surface area contributed by atoms with Gasteiger partial charge in [0.1, 0.15) is 0 Å². The van der Waals surface area contributed by atoms with Gasteiger partial charge < -0.3 is 14.4 Å². The molecule has 1 saturated heterocycles. The van der Waals surface area contributed by atoms with Gasteiger partial charge in [0.15, 0.2) is 5.82 Å². The Morgan fingerprint density at radius 1 is 1.44 bits per heavy atom. The van der Waals surface area contributed by atoms with Gasteiger partial charge in [-0.05, 0) is 12.8 Å². The number of aromatic nitrogens is 2. The molecule has 88 valence electrons. The van der Waals surface area contributed by atoms with Crippen LogP contribution in [-0.2, 0) is 16.0 Å². The van der Waals surface area contributed by atoms with E-state index in [1.165, 1.54) is 0 Å². The van der Waals surface area contributed by atoms with Crippen LogP contribution < -0.4 is 0 Å². The van der Waals surface area contributed by atoms with Crippen molar-refractivity contribution >= 4 is 5.97 Å². The van der Waals surface area contributed by atoms with Crippen molar-refractivity contribution in [2.75, 3.05) is 13.2 Å². The Bertz CT molecular complexity index is 357. The van der Waals surface area contributed by atoms with Crippen molar-refractivity contribution in [3.8, 4) is 0 Å². The monoisotopic (exact) mass is 226 g/mol. The third-order valence-electron chi connectivity index (χ3n) is 2.62. The molecule has 0 aliphatic carbocycles. The molecule has 6 heteroatoms. The predicted octanol–water partition coefficient (Wildman–Crippen LogP) is 0.981. The molecule has 2 heterocycles. The lowest BCUT2D eigenvalue weighted by Gasteiger charge is -2.17. The Labute approximate surface area is 92.6 Å². The zero-order chi connectivity index (χ0) is 11.4. The van der Waals surface area contributed by atoms with Crippen molar-refractivity contribution < 1.29 is 19.2 Å². The molecule has 1 N–H and O–H groups in total. The number of ether oxygens (including phenoxy) is 1. The SMILES string of the molecule is O=C(O)CCc1noc(C2CCOCC2)n1. The van der Waals surface area contributed by atoms with Crippen LogP contribution in [0.1, 0.15) is 36.9 Å². The molecule has 1 fully saturated rings. The second-order valence-corrected chi connectivity index (χ2v) is 3.83. The lowest BCUT2D eigenvalue weighted by Crippen LogP contribution is -2.14. The molecule has 0 atom stereocenters. The fourth-order valence-electron chi connectivity index (χ4n) is 1.70. The maximum atomic E-state index is 10.4. The summed E-state index contributed by atoms with van der Waals surface area (Å²) in [6, 6.07) is 0. The normalized spacial score (nSPS) is 17.5. The summed E-state index contributed by atoms with van der Waals surface area (Å²) in [4.78, 5) is 14.6. The van der Waals surface area contributed by atoms with Gasteiger partial charge >= 0.3 is 5.97 Å². The molecule has 0 spiro atoms. The first kappa shape index (κ1) is 11.1. The highest BCUT2D eigenvalue weighted by atomic mass is 16.5. The molecule has 2 rings (SSSR count). The molecule has 6 nitrogen and oxygen atoms in total. The Balaban J connectivity index is 1.93. The highest BCUT2D eigenvalue weighted by molar-refractivity contribution is 5.66. The van der Waals surface area contributed by atoms with Crippen LogP contribution in [-0.4, -0.2) is 34.4 Å². The highest BCUT2D eigenvalue weighted by Crippen LogP contribution is 2.25. The van der Waals surface area contributed by atoms with E-state index in [0.29, 0.717) is 18.1 Å². The lowest BCUT2D eigenvalue weighted by molar-refractivity contribution is -0.137. The number of aliphatic carboxylic acids is 1. The molecule has 0 unspecified atom stereocenters. The van der Waals surface area contributed by atoms with Crippen molar-refractivity contribution in [3.05, 3.63) is 11.7 Å². The number of rotatable bonds is 4. The van der Waals surface area contributed by atoms with E-state index in [9.17, 15) is 4.79 Å². The van der Waals surface area contributed by atoms with Crippen LogP contribution in [0.4, 0.5) is 0 Å². The average molecular weight is 226 g/mol. The van der Waals surface area contributed by atoms with E-state index in [4.69, 9.17) is 14.4 Å². The minimum Gasteiger partial charge on any atom is -0.481 e. The van der Waals surface area contributed by atoms with Gasteiger partial charge in [0.25, 0.3) is 0 Å². The van der Waals surface area contributed by atoms with Gasteiger partial charge in [0.05, 0.1) is 6.42 Å². The van der Waals surface area contributed by atoms with Crippen LogP contribution in [0.2, 0.25) is 0 Å². The van der Waals surface area contributed by atoms with E-state index < -0.39 is 5.97 Å². The first-order valence-electron chi connectivity index (χ1n) is 5.37. The molecule has 1 aliphatic rings. The number of carbonyl (C=O) groups is 1. The van der Waals surface area contributed by atoms with E-state index in [1.807, 2.05) is 0 Å². The summed E-state index contributed by atoms with van der Waals surface area (Å²) < 4.78 is 10.4. The first-order chi connectivity index (χ1) is 7.75. The first-order valence-corrected chi connectivity index (χ1v) is 5.37. The van der Waals surface area contributed by atoms with Crippen LogP contribution in [0, 0.1) is 0 Å². The predicted molar refractivity (Wildman–Crippen MR) is 53.0 cm³/mol. The summed E-state index contributed by atoms with van der Waals surface area (Å²) in [6.07, 6.45) is 2.13. The van der Waals surface area contributed by atoms with Crippen LogP contribution in [0.3, 0.4) is 0 Å². The van der Waals surface area contributed by atoms with Crippen molar-refractivity contribution in [2.24, 2.45) is 0 Å². The van der Waals surface area contributed by atoms with E-state index in [-0.39, 0.29) is 12.3 Å². The standard InChI is InChI=1S/C10H14N2O4/c13-9(14)2-1-8-11-10(16-12-8)7-3-5-15-6-4-7/h7H,1-6H2,(H,13,14). The van der Waals surface area contributed by atoms with Crippen LogP contribution in [0.25, 0.3) is 0 Å². The molecular weight excluding hydrogens is 212 g/mol. The molecule has 0 bridgehead atoms. The van der Waals surface area contributed by atoms with Crippen LogP contribution in [0.5, 0.6) is 0 Å². The Kier molecular flexibility index (Phi) is 3.51. The number of aryl methyl sites for hydroxylation is 1. The minimum absolute atomic E-state index is 0.0345. The van der Waals surface area contributed by atoms with Gasteiger partial charge in [-0.25, -0.2) is 0 Å². The van der Waals surface area contributed by atoms with Crippen LogP contribution >= 0.6 is 0 Å². The summed E-state index contributed by atoms with van der Waals surface area (Å²) >= 11 is 0. The minimum atomic E-state index is -0.850. The molecule has 16 heavy (non-hydrogen) atoms. The number of carboxylic acid groups (broad SMARTS) is 1. The largest absolute Gasteiger partial charge is 0.481 e. The van der Waals surface area contributed by atoms with Gasteiger partial charge in [-0.1, -0.05) is 5.16 Å². The Morgan fingerprint density at radius 2 is 2.19 bits per heavy atom. The van der Waals surface area contributed by atoms with E-state index in [1.54, 1.807) is 0 Å². The molecule has 0 amide bonds. The molecule has 1 aliphatic heterocycles. The van der Waals surface area contributed by atoms with E-state index >= 15 is 0 Å². The van der Waals surface area contributed by atoms with Gasteiger partial charge in [-0.3, -0.25) is 4.79 Å². The Hall–Kier alpha value is -1.43. The van der Waals surface area contributed by atoms with E-state index in [0.717, 1.165) is 26.1 Å². The molecule has 0 aromatic carbocycles. The van der Waals surface area contributed by atoms with Crippen LogP contribution in [0.15, 0.2) is 4.52 Å². The number of carboxylic acids is 1. The number of hydrogen-bond donors (Lipinski definition) is 1. The molecule has 1 aromatic rings. The van der Waals surface area contributed by atoms with Gasteiger partial charge in [0.2, 0.25) is 5.89 Å². The molecular formula is C10H14N2O4. The summed E-state index contributed by atoms with van der Waals surface area (Å²) in [6.45, 7) is 1.44. The van der Waals surface area contributed by atoms with Crippen molar-refractivity contribution in [3.63, 3.8) is 0 Å². The summed E-state index contributed by atoms with van der Waals surface area (Å²) in [5, 5.41) is 12.3. The highest BCUT2D eigenvalue weighted by Gasteiger charge is 2.21. The second-order valence-electron chi connectivity index (χ2n) is 3.83. The third-order valence-corrected chi connectivity index (χ3v) is 2.62. The summed E-state index contributed by atoms with van der Waals surface area (Å²) in [5.41, 5.74) is 0. The van der Waals surface area contributed by atoms with Gasteiger partial charge in [0, 0.05) is 25.6 Å². The number of hydrogen-bond acceptors (Lipinski definition) is 5. The maximum Gasteiger partial charge on any atom is 0.303 e.